The first kappa shape index (κ1) is 13.9. The highest BCUT2D eigenvalue weighted by atomic mass is 35.5. The van der Waals surface area contributed by atoms with Crippen LogP contribution in [0.15, 0.2) is 12.1 Å². The Morgan fingerprint density at radius 1 is 1.29 bits per heavy atom. The number of hydrogen-bond donors (Lipinski definition) is 0. The smallest absolute Gasteiger partial charge is 0.294 e. The second-order valence-electron chi connectivity index (χ2n) is 3.25. The second-order valence-corrected chi connectivity index (χ2v) is 3.62. The summed E-state index contributed by atoms with van der Waals surface area (Å²) in [5.41, 5.74) is -3.17. The Bertz CT molecular complexity index is 453. The molecule has 0 atom stereocenters. The van der Waals surface area contributed by atoms with Gasteiger partial charge in [0.2, 0.25) is 0 Å². The number of ketones is 1. The average molecular weight is 273 g/mol. The van der Waals surface area contributed by atoms with Gasteiger partial charge in [-0.25, -0.2) is 8.78 Å². The van der Waals surface area contributed by atoms with Gasteiger partial charge in [-0.2, -0.15) is 13.2 Å². The van der Waals surface area contributed by atoms with Gasteiger partial charge in [-0.1, -0.05) is 23.7 Å². The van der Waals surface area contributed by atoms with Crippen molar-refractivity contribution in [3.05, 3.63) is 33.8 Å². The molecule has 0 aromatic heterocycles. The van der Waals surface area contributed by atoms with Crippen molar-refractivity contribution in [3.63, 3.8) is 0 Å². The molecule has 1 aromatic rings. The summed E-state index contributed by atoms with van der Waals surface area (Å²) in [7, 11) is 0. The number of rotatable bonds is 2. The lowest BCUT2D eigenvalue weighted by Crippen LogP contribution is -2.14. The molecule has 0 aliphatic rings. The third-order valence-electron chi connectivity index (χ3n) is 2.07. The molecule has 0 fully saturated rings. The fourth-order valence-electron chi connectivity index (χ4n) is 1.33. The van der Waals surface area contributed by atoms with E-state index in [4.69, 9.17) is 11.6 Å². The van der Waals surface area contributed by atoms with E-state index in [0.29, 0.717) is 6.07 Å². The van der Waals surface area contributed by atoms with Crippen LogP contribution in [0.2, 0.25) is 5.02 Å². The minimum atomic E-state index is -4.96. The predicted molar refractivity (Wildman–Crippen MR) is 51.4 cm³/mol. The van der Waals surface area contributed by atoms with Crippen molar-refractivity contribution in [2.45, 2.75) is 19.5 Å². The molecule has 17 heavy (non-hydrogen) atoms. The van der Waals surface area contributed by atoms with E-state index >= 15 is 0 Å². The molecule has 0 heterocycles. The zero-order chi connectivity index (χ0) is 13.4. The van der Waals surface area contributed by atoms with Crippen LogP contribution in [-0.4, -0.2) is 5.78 Å². The van der Waals surface area contributed by atoms with Gasteiger partial charge in [0.25, 0.3) is 6.43 Å². The van der Waals surface area contributed by atoms with Crippen molar-refractivity contribution >= 4 is 17.4 Å². The van der Waals surface area contributed by atoms with Crippen LogP contribution in [0.4, 0.5) is 22.0 Å². The van der Waals surface area contributed by atoms with Crippen LogP contribution < -0.4 is 0 Å². The Hall–Kier alpha value is -1.17. The van der Waals surface area contributed by atoms with E-state index in [-0.39, 0.29) is 0 Å². The van der Waals surface area contributed by atoms with E-state index in [1.165, 1.54) is 0 Å². The molecule has 1 aromatic carbocycles. The van der Waals surface area contributed by atoms with Gasteiger partial charge in [-0.05, 0) is 6.92 Å². The number of carbonyl (C=O) groups is 1. The van der Waals surface area contributed by atoms with Crippen LogP contribution in [0.5, 0.6) is 0 Å². The number of benzene rings is 1. The predicted octanol–water partition coefficient (Wildman–Crippen LogP) is 4.50. The van der Waals surface area contributed by atoms with Crippen LogP contribution in [0.1, 0.15) is 34.8 Å². The largest absolute Gasteiger partial charge is 0.418 e. The van der Waals surface area contributed by atoms with E-state index in [2.05, 4.69) is 0 Å². The molecule has 0 radical (unpaired) electrons. The monoisotopic (exact) mass is 272 g/mol. The van der Waals surface area contributed by atoms with Gasteiger partial charge in [-0.15, -0.1) is 0 Å². The molecular weight excluding hydrogens is 267 g/mol. The lowest BCUT2D eigenvalue weighted by Gasteiger charge is -2.15. The van der Waals surface area contributed by atoms with Gasteiger partial charge in [0.05, 0.1) is 10.6 Å². The topological polar surface area (TPSA) is 17.1 Å². The van der Waals surface area contributed by atoms with Crippen molar-refractivity contribution in [1.29, 1.82) is 0 Å². The number of alkyl halides is 5. The van der Waals surface area contributed by atoms with Crippen molar-refractivity contribution in [1.82, 2.24) is 0 Å². The van der Waals surface area contributed by atoms with E-state index < -0.39 is 40.1 Å². The normalized spacial score (nSPS) is 12.0. The second kappa shape index (κ2) is 4.60. The lowest BCUT2D eigenvalue weighted by molar-refractivity contribution is -0.137. The Balaban J connectivity index is 3.60. The average Bonchev–Trinajstić information content (AvgIpc) is 2.14. The van der Waals surface area contributed by atoms with Gasteiger partial charge in [0.1, 0.15) is 0 Å². The molecule has 0 spiro atoms. The lowest BCUT2D eigenvalue weighted by atomic mass is 10.0. The van der Waals surface area contributed by atoms with Gasteiger partial charge in [-0.3, -0.25) is 4.79 Å². The first-order valence-electron chi connectivity index (χ1n) is 4.35. The van der Waals surface area contributed by atoms with Gasteiger partial charge < -0.3 is 0 Å². The van der Waals surface area contributed by atoms with E-state index in [1.807, 2.05) is 0 Å². The van der Waals surface area contributed by atoms with E-state index in [9.17, 15) is 26.7 Å². The Kier molecular flexibility index (Phi) is 3.76. The highest BCUT2D eigenvalue weighted by molar-refractivity contribution is 6.32. The summed E-state index contributed by atoms with van der Waals surface area (Å²) in [4.78, 5) is 11.0. The highest BCUT2D eigenvalue weighted by Gasteiger charge is 2.38. The molecule has 0 saturated carbocycles. The first-order chi connectivity index (χ1) is 7.66. The first-order valence-corrected chi connectivity index (χ1v) is 4.72. The Morgan fingerprint density at radius 2 is 1.82 bits per heavy atom. The third-order valence-corrected chi connectivity index (χ3v) is 2.48. The Labute approximate surface area is 98.2 Å². The Morgan fingerprint density at radius 3 is 2.18 bits per heavy atom. The zero-order valence-electron chi connectivity index (χ0n) is 8.41. The quantitative estimate of drug-likeness (QED) is 0.572. The van der Waals surface area contributed by atoms with Gasteiger partial charge >= 0.3 is 6.18 Å². The highest BCUT2D eigenvalue weighted by Crippen LogP contribution is 2.41. The maximum Gasteiger partial charge on any atom is 0.418 e. The molecule has 0 aliphatic heterocycles. The van der Waals surface area contributed by atoms with Crippen LogP contribution in [0.3, 0.4) is 0 Å². The fraction of sp³-hybridized carbons (Fsp3) is 0.300. The molecule has 1 rings (SSSR count). The third kappa shape index (κ3) is 2.74. The molecule has 0 unspecified atom stereocenters. The number of Topliss-reactive ketones (excluding diaryl/α,β-unsaturated/α-hetero) is 1. The molecule has 1 nitrogen and oxygen atoms in total. The maximum atomic E-state index is 12.6. The summed E-state index contributed by atoms with van der Waals surface area (Å²) in [6, 6.07) is 1.43. The summed E-state index contributed by atoms with van der Waals surface area (Å²) in [6.45, 7) is 0.906. The number of carbonyl (C=O) groups excluding carboxylic acids is 1. The van der Waals surface area contributed by atoms with Gasteiger partial charge in [0, 0.05) is 11.1 Å². The summed E-state index contributed by atoms with van der Waals surface area (Å²) in [5.74, 6) is -0.889. The molecule has 94 valence electrons. The fourth-order valence-corrected chi connectivity index (χ4v) is 1.69. The standard InChI is InChI=1S/C10H6ClF5O/c1-4(17)5-2-3-6(9(12)13)8(11)7(5)10(14,15)16/h2-3,9H,1H3. The summed E-state index contributed by atoms with van der Waals surface area (Å²) in [5, 5.41) is -1.12. The van der Waals surface area contributed by atoms with E-state index in [1.54, 1.807) is 0 Å². The van der Waals surface area contributed by atoms with Crippen LogP contribution >= 0.6 is 11.6 Å². The number of halogens is 6. The van der Waals surface area contributed by atoms with Crippen LogP contribution in [-0.2, 0) is 6.18 Å². The van der Waals surface area contributed by atoms with Crippen LogP contribution in [0.25, 0.3) is 0 Å². The van der Waals surface area contributed by atoms with Crippen molar-refractivity contribution in [3.8, 4) is 0 Å². The van der Waals surface area contributed by atoms with Crippen LogP contribution in [0, 0.1) is 0 Å². The van der Waals surface area contributed by atoms with E-state index in [0.717, 1.165) is 13.0 Å². The minimum absolute atomic E-state index is 0.707. The van der Waals surface area contributed by atoms with Gasteiger partial charge in [0.15, 0.2) is 5.78 Å². The summed E-state index contributed by atoms with van der Waals surface area (Å²) in [6.07, 6.45) is -8.09. The maximum absolute atomic E-state index is 12.6. The molecule has 0 N–H and O–H groups in total. The zero-order valence-corrected chi connectivity index (χ0v) is 9.16. The molecular formula is C10H6ClF5O. The molecule has 0 amide bonds. The molecule has 0 saturated heterocycles. The molecule has 0 aliphatic carbocycles. The summed E-state index contributed by atoms with van der Waals surface area (Å²) >= 11 is 5.29. The summed E-state index contributed by atoms with van der Waals surface area (Å²) < 4.78 is 62.7. The van der Waals surface area contributed by atoms with Crippen molar-refractivity contribution in [2.75, 3.05) is 0 Å². The number of hydrogen-bond acceptors (Lipinski definition) is 1. The minimum Gasteiger partial charge on any atom is -0.294 e. The van der Waals surface area contributed by atoms with Crippen molar-refractivity contribution in [2.24, 2.45) is 0 Å². The van der Waals surface area contributed by atoms with Crippen molar-refractivity contribution < 1.29 is 26.7 Å². The molecule has 7 heteroatoms. The SMILES string of the molecule is CC(=O)c1ccc(C(F)F)c(Cl)c1C(F)(F)F. The molecule has 0 bridgehead atoms.